The molecule has 0 saturated carbocycles. The second-order valence-corrected chi connectivity index (χ2v) is 2.25. The lowest BCUT2D eigenvalue weighted by atomic mass is 10.2. The number of nitrogens with zero attached hydrogens (tertiary/aromatic N) is 2. The Bertz CT molecular complexity index is 186. The summed E-state index contributed by atoms with van der Waals surface area (Å²) in [6.45, 7) is 1.73. The molecule has 1 atom stereocenters. The van der Waals surface area contributed by atoms with Crippen molar-refractivity contribution in [3.8, 4) is 0 Å². The van der Waals surface area contributed by atoms with Crippen LogP contribution >= 0.6 is 0 Å². The van der Waals surface area contributed by atoms with Crippen LogP contribution in [0.25, 0.3) is 0 Å². The first kappa shape index (κ1) is 7.15. The van der Waals surface area contributed by atoms with Gasteiger partial charge in [-0.3, -0.25) is 9.97 Å². The highest BCUT2D eigenvalue weighted by Gasteiger charge is 1.97. The van der Waals surface area contributed by atoms with Crippen LogP contribution in [0.1, 0.15) is 12.6 Å². The molecule has 1 N–H and O–H groups in total. The molecule has 0 bridgehead atoms. The molecule has 0 aromatic carbocycles. The van der Waals surface area contributed by atoms with Gasteiger partial charge in [0.15, 0.2) is 0 Å². The Morgan fingerprint density at radius 2 is 2.40 bits per heavy atom. The molecule has 1 heterocycles. The summed E-state index contributed by atoms with van der Waals surface area (Å²) in [7, 11) is 0. The third kappa shape index (κ3) is 2.11. The third-order valence-electron chi connectivity index (χ3n) is 1.12. The number of aromatic nitrogens is 2. The minimum Gasteiger partial charge on any atom is -0.393 e. The van der Waals surface area contributed by atoms with Crippen LogP contribution in [0.2, 0.25) is 0 Å². The summed E-state index contributed by atoms with van der Waals surface area (Å²) >= 11 is 0. The Labute approximate surface area is 59.8 Å². The average molecular weight is 138 g/mol. The van der Waals surface area contributed by atoms with Crippen LogP contribution in [0.4, 0.5) is 0 Å². The van der Waals surface area contributed by atoms with E-state index >= 15 is 0 Å². The molecule has 0 radical (unpaired) electrons. The van der Waals surface area contributed by atoms with Crippen molar-refractivity contribution in [2.24, 2.45) is 0 Å². The maximum atomic E-state index is 8.94. The third-order valence-corrected chi connectivity index (χ3v) is 1.12. The van der Waals surface area contributed by atoms with Gasteiger partial charge >= 0.3 is 0 Å². The van der Waals surface area contributed by atoms with E-state index in [0.29, 0.717) is 6.42 Å². The molecular weight excluding hydrogens is 128 g/mol. The Morgan fingerprint density at radius 1 is 1.60 bits per heavy atom. The van der Waals surface area contributed by atoms with Gasteiger partial charge in [-0.2, -0.15) is 0 Å². The summed E-state index contributed by atoms with van der Waals surface area (Å²) in [5.74, 6) is 0. The highest BCUT2D eigenvalue weighted by atomic mass is 16.3. The zero-order valence-corrected chi connectivity index (χ0v) is 5.86. The van der Waals surface area contributed by atoms with E-state index < -0.39 is 0 Å². The van der Waals surface area contributed by atoms with Crippen molar-refractivity contribution in [1.29, 1.82) is 0 Å². The molecule has 0 aliphatic carbocycles. The molecule has 0 spiro atoms. The zero-order valence-electron chi connectivity index (χ0n) is 5.86. The molecule has 3 heteroatoms. The van der Waals surface area contributed by atoms with E-state index in [1.165, 1.54) is 0 Å². The predicted molar refractivity (Wildman–Crippen MR) is 37.4 cm³/mol. The first-order chi connectivity index (χ1) is 4.79. The van der Waals surface area contributed by atoms with Gasteiger partial charge in [0, 0.05) is 25.0 Å². The van der Waals surface area contributed by atoms with Gasteiger partial charge in [0.05, 0.1) is 11.8 Å². The Kier molecular flexibility index (Phi) is 2.34. The first-order valence-corrected chi connectivity index (χ1v) is 3.22. The molecule has 54 valence electrons. The maximum Gasteiger partial charge on any atom is 0.0612 e. The van der Waals surface area contributed by atoms with Gasteiger partial charge in [-0.05, 0) is 6.92 Å². The second-order valence-electron chi connectivity index (χ2n) is 2.25. The largest absolute Gasteiger partial charge is 0.393 e. The van der Waals surface area contributed by atoms with Crippen LogP contribution in [0.15, 0.2) is 18.6 Å². The van der Waals surface area contributed by atoms with Crippen molar-refractivity contribution in [3.63, 3.8) is 0 Å². The van der Waals surface area contributed by atoms with E-state index in [4.69, 9.17) is 5.11 Å². The maximum absolute atomic E-state index is 8.94. The van der Waals surface area contributed by atoms with Crippen LogP contribution in [0, 0.1) is 0 Å². The predicted octanol–water partition coefficient (Wildman–Crippen LogP) is 0.400. The normalized spacial score (nSPS) is 13.0. The van der Waals surface area contributed by atoms with Crippen LogP contribution in [0.5, 0.6) is 0 Å². The molecule has 0 aliphatic heterocycles. The van der Waals surface area contributed by atoms with Crippen molar-refractivity contribution >= 4 is 0 Å². The highest BCUT2D eigenvalue weighted by Crippen LogP contribution is 1.95. The van der Waals surface area contributed by atoms with E-state index in [9.17, 15) is 0 Å². The molecular formula is C7H10N2O. The van der Waals surface area contributed by atoms with Crippen LogP contribution in [0.3, 0.4) is 0 Å². The molecule has 10 heavy (non-hydrogen) atoms. The van der Waals surface area contributed by atoms with E-state index in [1.807, 2.05) is 0 Å². The number of hydrogen-bond acceptors (Lipinski definition) is 3. The van der Waals surface area contributed by atoms with E-state index in [1.54, 1.807) is 25.5 Å². The zero-order chi connectivity index (χ0) is 7.40. The van der Waals surface area contributed by atoms with Gasteiger partial charge in [0.2, 0.25) is 0 Å². The summed E-state index contributed by atoms with van der Waals surface area (Å²) < 4.78 is 0. The highest BCUT2D eigenvalue weighted by molar-refractivity contribution is 4.95. The molecule has 0 aliphatic rings. The Hall–Kier alpha value is -0.960. The van der Waals surface area contributed by atoms with Gasteiger partial charge in [-0.25, -0.2) is 0 Å². The Morgan fingerprint density at radius 3 is 2.90 bits per heavy atom. The summed E-state index contributed by atoms with van der Waals surface area (Å²) in [4.78, 5) is 7.86. The number of hydrogen-bond donors (Lipinski definition) is 1. The number of rotatable bonds is 2. The molecule has 1 rings (SSSR count). The van der Waals surface area contributed by atoms with Crippen molar-refractivity contribution in [3.05, 3.63) is 24.3 Å². The summed E-state index contributed by atoms with van der Waals surface area (Å²) in [5, 5.41) is 8.94. The molecule has 0 unspecified atom stereocenters. The molecule has 0 fully saturated rings. The average Bonchev–Trinajstić information content (AvgIpc) is 1.88. The standard InChI is InChI=1S/C7H10N2O/c1-6(10)4-7-5-8-2-3-9-7/h2-3,5-6,10H,4H2,1H3/t6-/m0/s1. The smallest absolute Gasteiger partial charge is 0.0612 e. The van der Waals surface area contributed by atoms with Gasteiger partial charge in [0.1, 0.15) is 0 Å². The van der Waals surface area contributed by atoms with E-state index in [-0.39, 0.29) is 6.10 Å². The Balaban J connectivity index is 2.59. The van der Waals surface area contributed by atoms with Crippen molar-refractivity contribution in [2.45, 2.75) is 19.4 Å². The number of aliphatic hydroxyl groups is 1. The molecule has 1 aromatic rings. The van der Waals surface area contributed by atoms with Crippen LogP contribution < -0.4 is 0 Å². The quantitative estimate of drug-likeness (QED) is 0.643. The van der Waals surface area contributed by atoms with Crippen molar-refractivity contribution in [1.82, 2.24) is 9.97 Å². The molecule has 0 amide bonds. The lowest BCUT2D eigenvalue weighted by Crippen LogP contribution is -2.05. The SMILES string of the molecule is C[C@H](O)Cc1cnccn1. The van der Waals surface area contributed by atoms with Crippen molar-refractivity contribution in [2.75, 3.05) is 0 Å². The fraction of sp³-hybridized carbons (Fsp3) is 0.429. The van der Waals surface area contributed by atoms with Crippen LogP contribution in [-0.4, -0.2) is 21.2 Å². The second kappa shape index (κ2) is 3.27. The lowest BCUT2D eigenvalue weighted by Gasteiger charge is -2.00. The monoisotopic (exact) mass is 138 g/mol. The van der Waals surface area contributed by atoms with E-state index in [2.05, 4.69) is 9.97 Å². The van der Waals surface area contributed by atoms with Crippen LogP contribution in [-0.2, 0) is 6.42 Å². The first-order valence-electron chi connectivity index (χ1n) is 3.22. The lowest BCUT2D eigenvalue weighted by molar-refractivity contribution is 0.194. The molecule has 0 saturated heterocycles. The van der Waals surface area contributed by atoms with Gasteiger partial charge in [-0.1, -0.05) is 0 Å². The molecule has 1 aromatic heterocycles. The topological polar surface area (TPSA) is 46.0 Å². The minimum absolute atomic E-state index is 0.336. The van der Waals surface area contributed by atoms with Gasteiger partial charge in [0.25, 0.3) is 0 Å². The summed E-state index contributed by atoms with van der Waals surface area (Å²) in [6.07, 6.45) is 5.14. The fourth-order valence-corrected chi connectivity index (χ4v) is 0.738. The van der Waals surface area contributed by atoms with E-state index in [0.717, 1.165) is 5.69 Å². The fourth-order valence-electron chi connectivity index (χ4n) is 0.738. The summed E-state index contributed by atoms with van der Waals surface area (Å²) in [6, 6.07) is 0. The van der Waals surface area contributed by atoms with Crippen molar-refractivity contribution < 1.29 is 5.11 Å². The van der Waals surface area contributed by atoms with Gasteiger partial charge in [-0.15, -0.1) is 0 Å². The molecule has 3 nitrogen and oxygen atoms in total. The van der Waals surface area contributed by atoms with Gasteiger partial charge < -0.3 is 5.11 Å². The minimum atomic E-state index is -0.336. The summed E-state index contributed by atoms with van der Waals surface area (Å²) in [5.41, 5.74) is 0.831. The number of aliphatic hydroxyl groups excluding tert-OH is 1.